The van der Waals surface area contributed by atoms with Crippen LogP contribution in [0.3, 0.4) is 0 Å². The van der Waals surface area contributed by atoms with Crippen LogP contribution in [0, 0.1) is 10.1 Å². The Morgan fingerprint density at radius 2 is 1.10 bits per heavy atom. The van der Waals surface area contributed by atoms with Crippen LogP contribution in [0.2, 0.25) is 0 Å². The van der Waals surface area contributed by atoms with E-state index in [4.69, 9.17) is 0 Å². The van der Waals surface area contributed by atoms with E-state index in [9.17, 15) is 10.1 Å². The van der Waals surface area contributed by atoms with Crippen LogP contribution in [0.4, 0.5) is 5.69 Å². The quantitative estimate of drug-likeness (QED) is 0.255. The van der Waals surface area contributed by atoms with Crippen molar-refractivity contribution < 1.29 is 4.92 Å². The summed E-state index contributed by atoms with van der Waals surface area (Å²) in [6, 6.07) is 33.6. The molecule has 0 heterocycles. The van der Waals surface area contributed by atoms with Crippen LogP contribution >= 0.6 is 0 Å². The summed E-state index contributed by atoms with van der Waals surface area (Å²) in [6.45, 7) is 0. The first-order valence-electron chi connectivity index (χ1n) is 9.92. The van der Waals surface area contributed by atoms with Gasteiger partial charge in [0.2, 0.25) is 0 Å². The second-order valence-electron chi connectivity index (χ2n) is 7.73. The van der Waals surface area contributed by atoms with Crippen molar-refractivity contribution in [3.05, 3.63) is 141 Å². The molecule has 144 valence electrons. The Balaban J connectivity index is 1.65. The first-order valence-corrected chi connectivity index (χ1v) is 11.6. The molecule has 4 aromatic carbocycles. The standard InChI is InChI=1S/C26H17NO2Se/c28-27(29)17-13-15-18(16-14-17)30-26-22-10-4-1-7-19(22)25(20-8-2-5-11-23(20)26)21-9-3-6-12-24(21)26/h1-16,25H. The van der Waals surface area contributed by atoms with Gasteiger partial charge in [0.25, 0.3) is 0 Å². The Labute approximate surface area is 180 Å². The summed E-state index contributed by atoms with van der Waals surface area (Å²) >= 11 is 0.00975. The zero-order valence-corrected chi connectivity index (χ0v) is 17.7. The average molecular weight is 454 g/mol. The molecule has 4 heteroatoms. The number of non-ortho nitro benzene ring substituents is 1. The number of benzene rings is 4. The van der Waals surface area contributed by atoms with Crippen LogP contribution in [-0.4, -0.2) is 19.9 Å². The summed E-state index contributed by atoms with van der Waals surface area (Å²) in [5.41, 5.74) is 8.44. The molecule has 4 aromatic rings. The van der Waals surface area contributed by atoms with Gasteiger partial charge in [0, 0.05) is 0 Å². The summed E-state index contributed by atoms with van der Waals surface area (Å²) in [6.07, 6.45) is 0. The molecule has 0 amide bonds. The fraction of sp³-hybridized carbons (Fsp3) is 0.0769. The second-order valence-corrected chi connectivity index (χ2v) is 10.4. The van der Waals surface area contributed by atoms with E-state index in [0.29, 0.717) is 0 Å². The molecule has 2 bridgehead atoms. The van der Waals surface area contributed by atoms with Crippen LogP contribution in [0.25, 0.3) is 0 Å². The van der Waals surface area contributed by atoms with E-state index in [2.05, 4.69) is 72.8 Å². The van der Waals surface area contributed by atoms with E-state index in [1.54, 1.807) is 12.1 Å². The zero-order valence-electron chi connectivity index (χ0n) is 16.0. The minimum atomic E-state index is -0.333. The maximum absolute atomic E-state index is 11.1. The average Bonchev–Trinajstić information content (AvgIpc) is 2.80. The maximum atomic E-state index is 11.1. The van der Waals surface area contributed by atoms with Crippen LogP contribution in [0.15, 0.2) is 97.1 Å². The summed E-state index contributed by atoms with van der Waals surface area (Å²) < 4.78 is 0.926. The Kier molecular flexibility index (Phi) is 3.76. The van der Waals surface area contributed by atoms with E-state index in [0.717, 1.165) is 4.46 Å². The zero-order chi connectivity index (χ0) is 20.3. The second kappa shape index (κ2) is 6.40. The molecule has 0 fully saturated rings. The van der Waals surface area contributed by atoms with Crippen LogP contribution in [0.1, 0.15) is 39.3 Å². The molecular formula is C26H17NO2Se. The molecule has 3 aliphatic rings. The number of nitrogens with zero attached hydrogens (tertiary/aromatic N) is 1. The topological polar surface area (TPSA) is 43.1 Å². The first-order chi connectivity index (χ1) is 14.7. The molecule has 3 nitrogen and oxygen atoms in total. The van der Waals surface area contributed by atoms with Crippen LogP contribution < -0.4 is 4.46 Å². The van der Waals surface area contributed by atoms with Gasteiger partial charge in [-0.15, -0.1) is 0 Å². The molecule has 0 spiro atoms. The predicted octanol–water partition coefficient (Wildman–Crippen LogP) is 4.72. The minimum absolute atomic E-state index is 0.00975. The van der Waals surface area contributed by atoms with E-state index < -0.39 is 0 Å². The number of nitro groups is 1. The molecule has 0 saturated carbocycles. The summed E-state index contributed by atoms with van der Waals surface area (Å²) in [4.78, 5) is 10.8. The molecule has 30 heavy (non-hydrogen) atoms. The van der Waals surface area contributed by atoms with E-state index in [-0.39, 0.29) is 35.8 Å². The SMILES string of the molecule is O=[N+]([O-])c1ccc([Se]C23c4ccccc4C(c4ccccc42)c2ccccc23)cc1. The monoisotopic (exact) mass is 455 g/mol. The van der Waals surface area contributed by atoms with Gasteiger partial charge < -0.3 is 0 Å². The first kappa shape index (κ1) is 17.6. The normalized spacial score (nSPS) is 20.2. The third-order valence-electron chi connectivity index (χ3n) is 6.27. The number of hydrogen-bond acceptors (Lipinski definition) is 2. The van der Waals surface area contributed by atoms with E-state index >= 15 is 0 Å². The summed E-state index contributed by atoms with van der Waals surface area (Å²) in [5.74, 6) is 0.267. The van der Waals surface area contributed by atoms with Crippen molar-refractivity contribution in [2.75, 3.05) is 0 Å². The Bertz CT molecular complexity index is 1200. The van der Waals surface area contributed by atoms with Crippen molar-refractivity contribution in [1.29, 1.82) is 0 Å². The molecule has 0 unspecified atom stereocenters. The molecular weight excluding hydrogens is 437 g/mol. The van der Waals surface area contributed by atoms with Gasteiger partial charge in [-0.2, -0.15) is 0 Å². The predicted molar refractivity (Wildman–Crippen MR) is 119 cm³/mol. The van der Waals surface area contributed by atoms with Gasteiger partial charge >= 0.3 is 181 Å². The molecule has 3 aliphatic carbocycles. The van der Waals surface area contributed by atoms with Crippen molar-refractivity contribution >= 4 is 25.1 Å². The third-order valence-corrected chi connectivity index (χ3v) is 9.36. The van der Waals surface area contributed by atoms with Gasteiger partial charge in [-0.3, -0.25) is 0 Å². The van der Waals surface area contributed by atoms with Crippen LogP contribution in [0.5, 0.6) is 0 Å². The van der Waals surface area contributed by atoms with Crippen molar-refractivity contribution in [3.63, 3.8) is 0 Å². The van der Waals surface area contributed by atoms with Gasteiger partial charge in [-0.05, 0) is 0 Å². The number of nitro benzene ring substituents is 1. The molecule has 0 radical (unpaired) electrons. The molecule has 7 rings (SSSR count). The van der Waals surface area contributed by atoms with Gasteiger partial charge in [-0.25, -0.2) is 0 Å². The number of rotatable bonds is 3. The van der Waals surface area contributed by atoms with Crippen molar-refractivity contribution in [3.8, 4) is 0 Å². The van der Waals surface area contributed by atoms with E-state index in [1.165, 1.54) is 33.4 Å². The molecule has 0 aliphatic heterocycles. The Morgan fingerprint density at radius 3 is 1.53 bits per heavy atom. The Morgan fingerprint density at radius 1 is 0.667 bits per heavy atom. The Hall–Kier alpha value is -3.20. The van der Waals surface area contributed by atoms with Crippen molar-refractivity contribution in [2.45, 2.75) is 10.2 Å². The molecule has 0 aromatic heterocycles. The molecule has 0 atom stereocenters. The van der Waals surface area contributed by atoms with Gasteiger partial charge in [0.15, 0.2) is 0 Å². The third kappa shape index (κ3) is 2.26. The van der Waals surface area contributed by atoms with Gasteiger partial charge in [0.05, 0.1) is 0 Å². The van der Waals surface area contributed by atoms with Crippen molar-refractivity contribution in [2.24, 2.45) is 0 Å². The fourth-order valence-corrected chi connectivity index (χ4v) is 8.30. The van der Waals surface area contributed by atoms with E-state index in [1.807, 2.05) is 12.1 Å². The van der Waals surface area contributed by atoms with Gasteiger partial charge in [-0.1, -0.05) is 0 Å². The fourth-order valence-electron chi connectivity index (χ4n) is 5.12. The summed E-state index contributed by atoms with van der Waals surface area (Å²) in [7, 11) is 0. The van der Waals surface area contributed by atoms with Crippen LogP contribution in [-0.2, 0) is 4.31 Å². The van der Waals surface area contributed by atoms with Gasteiger partial charge in [0.1, 0.15) is 0 Å². The van der Waals surface area contributed by atoms with Crippen molar-refractivity contribution in [1.82, 2.24) is 0 Å². The molecule has 0 N–H and O–H groups in total. The molecule has 0 saturated heterocycles. The summed E-state index contributed by atoms with van der Waals surface area (Å²) in [5, 5.41) is 11.1. The number of hydrogen-bond donors (Lipinski definition) is 0.